The molecule has 0 aromatic heterocycles. The number of rotatable bonds is 7. The van der Waals surface area contributed by atoms with E-state index in [9.17, 15) is 0 Å². The van der Waals surface area contributed by atoms with Gasteiger partial charge in [-0.1, -0.05) is 22.8 Å². The average molecular weight is 200 g/mol. The average Bonchev–Trinajstić information content (AvgIpc) is 2.04. The third-order valence-electron chi connectivity index (χ3n) is 2.55. The van der Waals surface area contributed by atoms with Gasteiger partial charge in [-0.3, -0.25) is 0 Å². The zero-order valence-electron chi connectivity index (χ0n) is 10.0. The topological polar surface area (TPSA) is 6.48 Å². The third-order valence-corrected chi connectivity index (χ3v) is 5.85. The zero-order chi connectivity index (χ0) is 10.3. The van der Waals surface area contributed by atoms with Gasteiger partial charge < -0.3 is 9.80 Å². The van der Waals surface area contributed by atoms with Crippen molar-refractivity contribution in [1.29, 1.82) is 0 Å². The van der Waals surface area contributed by atoms with Crippen molar-refractivity contribution in [2.75, 3.05) is 41.3 Å². The van der Waals surface area contributed by atoms with E-state index in [1.165, 1.54) is 28.9 Å². The molecular formula is C10H25AlN2. The van der Waals surface area contributed by atoms with Crippen molar-refractivity contribution in [3.63, 3.8) is 0 Å². The summed E-state index contributed by atoms with van der Waals surface area (Å²) in [7, 11) is 8.69. The summed E-state index contributed by atoms with van der Waals surface area (Å²) in [4.78, 5) is 4.62. The van der Waals surface area contributed by atoms with Crippen LogP contribution in [0.25, 0.3) is 0 Å². The molecule has 0 aliphatic carbocycles. The molecule has 0 saturated carbocycles. The van der Waals surface area contributed by atoms with Gasteiger partial charge in [-0.25, -0.2) is 0 Å². The highest BCUT2D eigenvalue weighted by molar-refractivity contribution is 6.58. The van der Waals surface area contributed by atoms with Crippen LogP contribution < -0.4 is 0 Å². The van der Waals surface area contributed by atoms with Crippen LogP contribution >= 0.6 is 0 Å². The Morgan fingerprint density at radius 3 is 1.46 bits per heavy atom. The van der Waals surface area contributed by atoms with E-state index in [0.29, 0.717) is 0 Å². The molecule has 0 heterocycles. The molecule has 78 valence electrons. The molecule has 0 aliphatic heterocycles. The van der Waals surface area contributed by atoms with Crippen LogP contribution in [0.2, 0.25) is 15.8 Å². The molecule has 0 amide bonds. The minimum absolute atomic E-state index is 0.409. The van der Waals surface area contributed by atoms with Gasteiger partial charge in [-0.2, -0.15) is 0 Å². The van der Waals surface area contributed by atoms with Crippen LogP contribution in [0, 0.1) is 0 Å². The van der Waals surface area contributed by atoms with Crippen LogP contribution in [0.15, 0.2) is 0 Å². The Morgan fingerprint density at radius 1 is 0.846 bits per heavy atom. The van der Waals surface area contributed by atoms with Crippen LogP contribution in [-0.2, 0) is 0 Å². The summed E-state index contributed by atoms with van der Waals surface area (Å²) in [6, 6.07) is 0. The van der Waals surface area contributed by atoms with Crippen molar-refractivity contribution in [1.82, 2.24) is 9.80 Å². The molecule has 0 N–H and O–H groups in total. The smallest absolute Gasteiger partial charge is 0.264 e. The Labute approximate surface area is 88.3 Å². The SMILES string of the molecule is C[CH2][Al]([CH2]CN(C)C)[CH2]CN(C)C. The first-order valence-electron chi connectivity index (χ1n) is 5.35. The first kappa shape index (κ1) is 13.5. The summed E-state index contributed by atoms with van der Waals surface area (Å²) < 4.78 is 0. The quantitative estimate of drug-likeness (QED) is 0.576. The van der Waals surface area contributed by atoms with E-state index < -0.39 is 14.1 Å². The van der Waals surface area contributed by atoms with Crippen molar-refractivity contribution in [3.05, 3.63) is 0 Å². The molecule has 0 aromatic rings. The summed E-state index contributed by atoms with van der Waals surface area (Å²) in [5, 5.41) is 4.43. The molecular weight excluding hydrogens is 175 g/mol. The van der Waals surface area contributed by atoms with Gasteiger partial charge in [0.1, 0.15) is 0 Å². The third kappa shape index (κ3) is 8.77. The predicted molar refractivity (Wildman–Crippen MR) is 63.0 cm³/mol. The predicted octanol–water partition coefficient (Wildman–Crippen LogP) is 1.62. The summed E-state index contributed by atoms with van der Waals surface area (Å²) in [5.74, 6) is 0. The lowest BCUT2D eigenvalue weighted by Gasteiger charge is -2.16. The second-order valence-electron chi connectivity index (χ2n) is 4.46. The highest BCUT2D eigenvalue weighted by atomic mass is 27.2. The first-order valence-corrected chi connectivity index (χ1v) is 7.80. The molecule has 0 unspecified atom stereocenters. The minimum Gasteiger partial charge on any atom is -0.311 e. The Hall–Kier alpha value is 0.452. The van der Waals surface area contributed by atoms with Crippen molar-refractivity contribution < 1.29 is 0 Å². The maximum absolute atomic E-state index is 2.36. The highest BCUT2D eigenvalue weighted by Gasteiger charge is 2.14. The molecule has 0 fully saturated rings. The van der Waals surface area contributed by atoms with Gasteiger partial charge >= 0.3 is 0 Å². The molecule has 13 heavy (non-hydrogen) atoms. The van der Waals surface area contributed by atoms with E-state index in [1.54, 1.807) is 0 Å². The van der Waals surface area contributed by atoms with Gasteiger partial charge in [0.2, 0.25) is 0 Å². The van der Waals surface area contributed by atoms with Crippen molar-refractivity contribution >= 4 is 14.1 Å². The molecule has 0 aromatic carbocycles. The molecule has 0 spiro atoms. The van der Waals surface area contributed by atoms with Crippen molar-refractivity contribution in [2.24, 2.45) is 0 Å². The number of nitrogens with zero attached hydrogens (tertiary/aromatic N) is 2. The second-order valence-corrected chi connectivity index (χ2v) is 8.16. The molecule has 0 saturated heterocycles. The Bertz CT molecular complexity index is 103. The summed E-state index contributed by atoms with van der Waals surface area (Å²) in [6.45, 7) is 4.94. The van der Waals surface area contributed by atoms with Gasteiger partial charge in [0, 0.05) is 0 Å². The van der Waals surface area contributed by atoms with E-state index in [2.05, 4.69) is 44.9 Å². The summed E-state index contributed by atoms with van der Waals surface area (Å²) in [6.07, 6.45) is 0. The maximum atomic E-state index is 2.36. The fourth-order valence-corrected chi connectivity index (χ4v) is 4.30. The van der Waals surface area contributed by atoms with E-state index in [1.807, 2.05) is 0 Å². The standard InChI is InChI=1S/2C4H10N.C2H5.Al/c2*1-4-5(2)3;1-2;/h2*1,4H2,2-3H3;1H2,2H3;. The van der Waals surface area contributed by atoms with E-state index in [0.717, 1.165) is 0 Å². The fraction of sp³-hybridized carbons (Fsp3) is 1.00. The second kappa shape index (κ2) is 7.82. The molecule has 0 atom stereocenters. The fourth-order valence-electron chi connectivity index (χ4n) is 1.43. The van der Waals surface area contributed by atoms with Crippen molar-refractivity contribution in [3.8, 4) is 0 Å². The number of hydrogen-bond acceptors (Lipinski definition) is 2. The molecule has 0 aliphatic rings. The van der Waals surface area contributed by atoms with E-state index in [4.69, 9.17) is 0 Å². The van der Waals surface area contributed by atoms with Gasteiger partial charge in [0.25, 0.3) is 14.1 Å². The molecule has 0 bridgehead atoms. The Kier molecular flexibility index (Phi) is 8.09. The Balaban J connectivity index is 3.51. The van der Waals surface area contributed by atoms with Gasteiger partial charge in [0.05, 0.1) is 0 Å². The zero-order valence-corrected chi connectivity index (χ0v) is 11.2. The maximum Gasteiger partial charge on any atom is 0.264 e. The number of hydrogen-bond donors (Lipinski definition) is 0. The first-order chi connectivity index (χ1) is 6.06. The van der Waals surface area contributed by atoms with Crippen LogP contribution in [0.1, 0.15) is 6.92 Å². The Morgan fingerprint density at radius 2 is 1.23 bits per heavy atom. The summed E-state index contributed by atoms with van der Waals surface area (Å²) >= 11 is -0.409. The summed E-state index contributed by atoms with van der Waals surface area (Å²) in [5.41, 5.74) is 0. The van der Waals surface area contributed by atoms with Crippen LogP contribution in [0.5, 0.6) is 0 Å². The molecule has 0 rings (SSSR count). The molecule has 0 radical (unpaired) electrons. The largest absolute Gasteiger partial charge is 0.311 e. The lowest BCUT2D eigenvalue weighted by molar-refractivity contribution is 0.423. The van der Waals surface area contributed by atoms with Crippen molar-refractivity contribution in [2.45, 2.75) is 22.8 Å². The van der Waals surface area contributed by atoms with Crippen LogP contribution in [-0.4, -0.2) is 65.2 Å². The monoisotopic (exact) mass is 200 g/mol. The van der Waals surface area contributed by atoms with E-state index in [-0.39, 0.29) is 0 Å². The van der Waals surface area contributed by atoms with E-state index >= 15 is 0 Å². The lowest BCUT2D eigenvalue weighted by Crippen LogP contribution is -2.25. The van der Waals surface area contributed by atoms with Crippen LogP contribution in [0.4, 0.5) is 0 Å². The van der Waals surface area contributed by atoms with Gasteiger partial charge in [-0.15, -0.1) is 0 Å². The van der Waals surface area contributed by atoms with Gasteiger partial charge in [-0.05, 0) is 41.3 Å². The normalized spacial score (nSPS) is 11.3. The molecule has 3 heteroatoms. The highest BCUT2D eigenvalue weighted by Crippen LogP contribution is 2.06. The van der Waals surface area contributed by atoms with Crippen LogP contribution in [0.3, 0.4) is 0 Å². The lowest BCUT2D eigenvalue weighted by atomic mass is 10.7. The molecule has 2 nitrogen and oxygen atoms in total. The van der Waals surface area contributed by atoms with Gasteiger partial charge in [0.15, 0.2) is 0 Å². The minimum atomic E-state index is -0.409.